The molecule has 9 rings (SSSR count). The third kappa shape index (κ3) is 3.19. The van der Waals surface area contributed by atoms with E-state index in [9.17, 15) is 5.26 Å². The molecule has 1 spiro atoms. The summed E-state index contributed by atoms with van der Waals surface area (Å²) in [6.07, 6.45) is 1.69. The summed E-state index contributed by atoms with van der Waals surface area (Å²) < 4.78 is 0. The zero-order valence-corrected chi connectivity index (χ0v) is 23.3. The molecule has 0 bridgehead atoms. The molecule has 0 saturated carbocycles. The molecule has 6 aromatic carbocycles. The van der Waals surface area contributed by atoms with Crippen LogP contribution in [0.4, 0.5) is 0 Å². The molecule has 2 nitrogen and oxygen atoms in total. The fraction of sp³-hybridized carbons (Fsp3) is 0.0244. The number of hydrogen-bond acceptors (Lipinski definition) is 2. The highest BCUT2D eigenvalue weighted by atomic mass is 14.7. The van der Waals surface area contributed by atoms with Crippen molar-refractivity contribution in [1.29, 1.82) is 5.26 Å². The normalized spacial score (nSPS) is 13.3. The molecule has 198 valence electrons. The highest BCUT2D eigenvalue weighted by Crippen LogP contribution is 2.63. The summed E-state index contributed by atoms with van der Waals surface area (Å²) in [7, 11) is 0. The van der Waals surface area contributed by atoms with Crippen molar-refractivity contribution in [3.63, 3.8) is 0 Å². The Kier molecular flexibility index (Phi) is 4.92. The number of pyridine rings is 1. The Bertz CT molecular complexity index is 2260. The number of benzene rings is 6. The molecule has 1 aromatic heterocycles. The van der Waals surface area contributed by atoms with Gasteiger partial charge in [0, 0.05) is 6.20 Å². The van der Waals surface area contributed by atoms with E-state index >= 15 is 0 Å². The Balaban J connectivity index is 1.29. The van der Waals surface area contributed by atoms with Crippen LogP contribution in [0, 0.1) is 11.3 Å². The van der Waals surface area contributed by atoms with Gasteiger partial charge in [0.15, 0.2) is 0 Å². The van der Waals surface area contributed by atoms with Crippen molar-refractivity contribution in [3.05, 3.63) is 174 Å². The van der Waals surface area contributed by atoms with E-state index in [1.165, 1.54) is 60.8 Å². The van der Waals surface area contributed by atoms with Gasteiger partial charge < -0.3 is 0 Å². The van der Waals surface area contributed by atoms with Crippen molar-refractivity contribution in [2.24, 2.45) is 0 Å². The predicted octanol–water partition coefficient (Wildman–Crippen LogP) is 9.78. The van der Waals surface area contributed by atoms with Crippen molar-refractivity contribution in [1.82, 2.24) is 4.98 Å². The monoisotopic (exact) mass is 544 g/mol. The molecule has 1 heterocycles. The van der Waals surface area contributed by atoms with Crippen LogP contribution in [-0.2, 0) is 5.41 Å². The van der Waals surface area contributed by atoms with Crippen LogP contribution >= 0.6 is 0 Å². The second kappa shape index (κ2) is 8.86. The second-order valence-corrected chi connectivity index (χ2v) is 11.4. The average Bonchev–Trinajstić information content (AvgIpc) is 3.55. The van der Waals surface area contributed by atoms with Crippen molar-refractivity contribution in [2.45, 2.75) is 5.41 Å². The van der Waals surface area contributed by atoms with Crippen molar-refractivity contribution >= 4 is 10.8 Å². The summed E-state index contributed by atoms with van der Waals surface area (Å²) in [6.45, 7) is 0. The van der Waals surface area contributed by atoms with E-state index in [-0.39, 0.29) is 5.41 Å². The lowest BCUT2D eigenvalue weighted by Gasteiger charge is -2.30. The van der Waals surface area contributed by atoms with Crippen molar-refractivity contribution in [3.8, 4) is 50.6 Å². The highest BCUT2D eigenvalue weighted by Gasteiger charge is 2.51. The van der Waals surface area contributed by atoms with Crippen LogP contribution in [0.2, 0.25) is 0 Å². The third-order valence-electron chi connectivity index (χ3n) is 9.40. The van der Waals surface area contributed by atoms with Crippen molar-refractivity contribution < 1.29 is 0 Å². The van der Waals surface area contributed by atoms with Gasteiger partial charge in [0.1, 0.15) is 11.8 Å². The van der Waals surface area contributed by atoms with E-state index in [1.807, 2.05) is 12.1 Å². The number of fused-ring (bicyclic) bond motifs is 12. The quantitative estimate of drug-likeness (QED) is 0.217. The van der Waals surface area contributed by atoms with E-state index in [2.05, 4.69) is 138 Å². The van der Waals surface area contributed by atoms with Gasteiger partial charge in [0.2, 0.25) is 0 Å². The third-order valence-corrected chi connectivity index (χ3v) is 9.40. The summed E-state index contributed by atoms with van der Waals surface area (Å²) in [4.78, 5) is 4.12. The first-order chi connectivity index (χ1) is 21.3. The van der Waals surface area contributed by atoms with Gasteiger partial charge in [-0.25, -0.2) is 4.98 Å². The molecule has 0 radical (unpaired) electrons. The molecular formula is C41H24N2. The van der Waals surface area contributed by atoms with Gasteiger partial charge in [-0.15, -0.1) is 0 Å². The zero-order valence-electron chi connectivity index (χ0n) is 23.3. The predicted molar refractivity (Wildman–Crippen MR) is 174 cm³/mol. The average molecular weight is 545 g/mol. The van der Waals surface area contributed by atoms with E-state index < -0.39 is 0 Å². The molecule has 2 aliphatic rings. The minimum absolute atomic E-state index is 0.357. The first-order valence-electron chi connectivity index (χ1n) is 14.6. The van der Waals surface area contributed by atoms with Gasteiger partial charge >= 0.3 is 0 Å². The van der Waals surface area contributed by atoms with Gasteiger partial charge in [0.05, 0.1) is 5.41 Å². The Morgan fingerprint density at radius 2 is 1.07 bits per heavy atom. The molecule has 2 aliphatic carbocycles. The molecule has 0 saturated heterocycles. The van der Waals surface area contributed by atoms with E-state index in [1.54, 1.807) is 6.20 Å². The summed E-state index contributed by atoms with van der Waals surface area (Å²) in [6, 6.07) is 52.9. The molecular weight excluding hydrogens is 520 g/mol. The standard InChI is InChI=1S/C41H24N2/c42-25-31-23-30(21-22-43-31)27-15-13-26(14-16-27)29-18-19-38-35(24-29)40-32-8-2-1-7-28(32)17-20-39(40)41(38)36-11-5-3-9-33(36)34-10-4-6-12-37(34)41/h1-24H. The molecule has 0 aliphatic heterocycles. The maximum Gasteiger partial charge on any atom is 0.141 e. The smallest absolute Gasteiger partial charge is 0.141 e. The lowest BCUT2D eigenvalue weighted by molar-refractivity contribution is 0.794. The largest absolute Gasteiger partial charge is 0.246 e. The van der Waals surface area contributed by atoms with Crippen molar-refractivity contribution in [2.75, 3.05) is 0 Å². The van der Waals surface area contributed by atoms with E-state index in [0.717, 1.165) is 16.7 Å². The number of rotatable bonds is 2. The minimum atomic E-state index is -0.357. The Hall–Kier alpha value is -5.78. The number of nitriles is 1. The molecule has 0 N–H and O–H groups in total. The fourth-order valence-electron chi connectivity index (χ4n) is 7.62. The summed E-state index contributed by atoms with van der Waals surface area (Å²) >= 11 is 0. The molecule has 43 heavy (non-hydrogen) atoms. The van der Waals surface area contributed by atoms with Crippen LogP contribution < -0.4 is 0 Å². The number of aromatic nitrogens is 1. The summed E-state index contributed by atoms with van der Waals surface area (Å²) in [5.74, 6) is 0. The molecule has 0 atom stereocenters. The maximum atomic E-state index is 9.29. The van der Waals surface area contributed by atoms with Gasteiger partial charge in [-0.2, -0.15) is 5.26 Å². The zero-order chi connectivity index (χ0) is 28.5. The maximum absolute atomic E-state index is 9.29. The van der Waals surface area contributed by atoms with Crippen LogP contribution in [0.5, 0.6) is 0 Å². The first-order valence-corrected chi connectivity index (χ1v) is 14.6. The first kappa shape index (κ1) is 23.9. The molecule has 7 aromatic rings. The Morgan fingerprint density at radius 3 is 1.79 bits per heavy atom. The Labute approximate surface area is 250 Å². The lowest BCUT2D eigenvalue weighted by atomic mass is 9.70. The summed E-state index contributed by atoms with van der Waals surface area (Å²) in [5, 5.41) is 11.8. The number of nitrogens with zero attached hydrogens (tertiary/aromatic N) is 2. The SMILES string of the molecule is N#Cc1cc(-c2ccc(-c3ccc4c(c3)-c3c(ccc5ccccc35)C43c4ccccc4-c4ccccc43)cc2)ccn1. The molecule has 0 amide bonds. The van der Waals surface area contributed by atoms with Gasteiger partial charge in [-0.05, 0) is 95.7 Å². The van der Waals surface area contributed by atoms with Gasteiger partial charge in [0.25, 0.3) is 0 Å². The molecule has 2 heteroatoms. The topological polar surface area (TPSA) is 36.7 Å². The molecule has 0 unspecified atom stereocenters. The van der Waals surface area contributed by atoms with E-state index in [4.69, 9.17) is 0 Å². The van der Waals surface area contributed by atoms with Gasteiger partial charge in [-0.1, -0.05) is 121 Å². The second-order valence-electron chi connectivity index (χ2n) is 11.4. The lowest BCUT2D eigenvalue weighted by Crippen LogP contribution is -2.25. The molecule has 0 fully saturated rings. The van der Waals surface area contributed by atoms with Gasteiger partial charge in [-0.3, -0.25) is 0 Å². The van der Waals surface area contributed by atoms with E-state index in [0.29, 0.717) is 5.69 Å². The highest BCUT2D eigenvalue weighted by molar-refractivity contribution is 6.06. The fourth-order valence-corrected chi connectivity index (χ4v) is 7.62. The summed E-state index contributed by atoms with van der Waals surface area (Å²) in [5.41, 5.74) is 15.2. The van der Waals surface area contributed by atoms with Crippen LogP contribution in [0.3, 0.4) is 0 Å². The number of hydrogen-bond donors (Lipinski definition) is 0. The van der Waals surface area contributed by atoms with Crippen LogP contribution in [0.1, 0.15) is 27.9 Å². The minimum Gasteiger partial charge on any atom is -0.246 e. The van der Waals surface area contributed by atoms with Crippen LogP contribution in [0.25, 0.3) is 55.3 Å². The Morgan fingerprint density at radius 1 is 0.488 bits per heavy atom. The van der Waals surface area contributed by atoms with Crippen LogP contribution in [-0.4, -0.2) is 4.98 Å². The van der Waals surface area contributed by atoms with Crippen LogP contribution in [0.15, 0.2) is 146 Å².